The van der Waals surface area contributed by atoms with Crippen LogP contribution in [0.5, 0.6) is 0 Å². The molecular formula is C21H17N5O2. The molecule has 0 saturated carbocycles. The molecule has 138 valence electrons. The number of nitrogens with zero attached hydrogens (tertiary/aromatic N) is 4. The van der Waals surface area contributed by atoms with Crippen LogP contribution in [0.2, 0.25) is 0 Å². The van der Waals surface area contributed by atoms with Gasteiger partial charge in [0.1, 0.15) is 11.5 Å². The maximum Gasteiger partial charge on any atom is 0.274 e. The van der Waals surface area contributed by atoms with Gasteiger partial charge in [-0.1, -0.05) is 48.5 Å². The first kappa shape index (κ1) is 17.4. The predicted molar refractivity (Wildman–Crippen MR) is 106 cm³/mol. The highest BCUT2D eigenvalue weighted by Crippen LogP contribution is 2.22. The average molecular weight is 371 g/mol. The van der Waals surface area contributed by atoms with Crippen LogP contribution >= 0.6 is 0 Å². The molecule has 4 rings (SSSR count). The summed E-state index contributed by atoms with van der Waals surface area (Å²) in [5, 5.41) is 14.8. The second-order valence-electron chi connectivity index (χ2n) is 6.09. The van der Waals surface area contributed by atoms with Gasteiger partial charge in [0, 0.05) is 17.3 Å². The van der Waals surface area contributed by atoms with E-state index in [-0.39, 0.29) is 11.6 Å². The quantitative estimate of drug-likeness (QED) is 0.538. The molecule has 0 aliphatic rings. The Morgan fingerprint density at radius 3 is 2.57 bits per heavy atom. The number of hydrogen-bond donors (Lipinski definition) is 1. The number of para-hydroxylation sites is 1. The summed E-state index contributed by atoms with van der Waals surface area (Å²) in [7, 11) is 0. The lowest BCUT2D eigenvalue weighted by Crippen LogP contribution is -2.19. The Bertz CT molecular complexity index is 1110. The van der Waals surface area contributed by atoms with Crippen LogP contribution in [0.4, 0.5) is 5.69 Å². The number of aryl methyl sites for hydroxylation is 1. The van der Waals surface area contributed by atoms with Crippen molar-refractivity contribution in [2.24, 2.45) is 0 Å². The summed E-state index contributed by atoms with van der Waals surface area (Å²) >= 11 is 0. The van der Waals surface area contributed by atoms with Crippen molar-refractivity contribution in [3.63, 3.8) is 0 Å². The highest BCUT2D eigenvalue weighted by Gasteiger charge is 2.20. The van der Waals surface area contributed by atoms with Crippen molar-refractivity contribution in [1.29, 1.82) is 0 Å². The normalized spacial score (nSPS) is 11.4. The van der Waals surface area contributed by atoms with E-state index in [9.17, 15) is 4.79 Å². The lowest BCUT2D eigenvalue weighted by Gasteiger charge is -2.12. The Hall–Kier alpha value is -4.00. The molecule has 2 heterocycles. The number of furan rings is 1. The van der Waals surface area contributed by atoms with Crippen molar-refractivity contribution in [2.45, 2.75) is 6.92 Å². The number of nitrogens with one attached hydrogen (secondary N) is 1. The van der Waals surface area contributed by atoms with Gasteiger partial charge in [-0.3, -0.25) is 4.79 Å². The number of hydrogen-bond acceptors (Lipinski definition) is 5. The van der Waals surface area contributed by atoms with E-state index >= 15 is 0 Å². The summed E-state index contributed by atoms with van der Waals surface area (Å²) < 4.78 is 6.80. The number of amides is 1. The van der Waals surface area contributed by atoms with Gasteiger partial charge in [0.25, 0.3) is 5.91 Å². The summed E-state index contributed by atoms with van der Waals surface area (Å²) in [6, 6.07) is 20.5. The number of carbonyl (C=O) groups is 1. The number of rotatable bonds is 5. The molecular weight excluding hydrogens is 354 g/mol. The van der Waals surface area contributed by atoms with E-state index in [0.29, 0.717) is 17.3 Å². The number of anilines is 1. The zero-order valence-electron chi connectivity index (χ0n) is 15.1. The molecule has 0 aliphatic carbocycles. The van der Waals surface area contributed by atoms with Gasteiger partial charge in [-0.2, -0.15) is 4.68 Å². The molecule has 7 heteroatoms. The van der Waals surface area contributed by atoms with Crippen LogP contribution in [0.1, 0.15) is 11.3 Å². The molecule has 0 unspecified atom stereocenters. The molecule has 0 atom stereocenters. The largest absolute Gasteiger partial charge is 0.465 e. The van der Waals surface area contributed by atoms with Crippen LogP contribution in [-0.2, 0) is 4.79 Å². The summed E-state index contributed by atoms with van der Waals surface area (Å²) in [5.74, 6) is 0.623. The van der Waals surface area contributed by atoms with E-state index < -0.39 is 0 Å². The van der Waals surface area contributed by atoms with Crippen LogP contribution < -0.4 is 5.32 Å². The maximum absolute atomic E-state index is 13.1. The minimum Gasteiger partial charge on any atom is -0.465 e. The van der Waals surface area contributed by atoms with Crippen LogP contribution in [0.3, 0.4) is 0 Å². The van der Waals surface area contributed by atoms with Crippen molar-refractivity contribution in [3.05, 3.63) is 84.3 Å². The average Bonchev–Trinajstić information content (AvgIpc) is 3.40. The Kier molecular flexibility index (Phi) is 4.79. The third-order valence-electron chi connectivity index (χ3n) is 4.18. The van der Waals surface area contributed by atoms with E-state index in [2.05, 4.69) is 20.8 Å². The van der Waals surface area contributed by atoms with E-state index in [1.807, 2.05) is 61.5 Å². The lowest BCUT2D eigenvalue weighted by molar-refractivity contribution is -0.111. The summed E-state index contributed by atoms with van der Waals surface area (Å²) in [6.07, 6.45) is 3.15. The van der Waals surface area contributed by atoms with Crippen molar-refractivity contribution in [3.8, 4) is 11.4 Å². The first-order valence-corrected chi connectivity index (χ1v) is 8.69. The highest BCUT2D eigenvalue weighted by molar-refractivity contribution is 6.24. The van der Waals surface area contributed by atoms with Crippen LogP contribution in [0, 0.1) is 6.92 Å². The second-order valence-corrected chi connectivity index (χ2v) is 6.09. The van der Waals surface area contributed by atoms with Gasteiger partial charge in [-0.15, -0.1) is 5.10 Å². The summed E-state index contributed by atoms with van der Waals surface area (Å²) in [4.78, 5) is 13.1. The number of carbonyl (C=O) groups excluding carboxylic acids is 1. The molecule has 1 amide bonds. The molecule has 0 radical (unpaired) electrons. The Labute approximate surface area is 161 Å². The van der Waals surface area contributed by atoms with Gasteiger partial charge in [-0.25, -0.2) is 0 Å². The van der Waals surface area contributed by atoms with Crippen molar-refractivity contribution in [2.75, 3.05) is 5.32 Å². The van der Waals surface area contributed by atoms with Gasteiger partial charge in [-0.05, 0) is 41.1 Å². The molecule has 28 heavy (non-hydrogen) atoms. The minimum atomic E-state index is -0.352. The molecule has 0 saturated heterocycles. The monoisotopic (exact) mass is 371 g/mol. The predicted octanol–water partition coefficient (Wildman–Crippen LogP) is 3.88. The van der Waals surface area contributed by atoms with E-state index in [1.54, 1.807) is 24.5 Å². The van der Waals surface area contributed by atoms with Gasteiger partial charge in [0.15, 0.2) is 5.82 Å². The first-order valence-electron chi connectivity index (χ1n) is 8.69. The van der Waals surface area contributed by atoms with Gasteiger partial charge >= 0.3 is 0 Å². The molecule has 0 bridgehead atoms. The maximum atomic E-state index is 13.1. The summed E-state index contributed by atoms with van der Waals surface area (Å²) in [6.45, 7) is 1.93. The van der Waals surface area contributed by atoms with Crippen molar-refractivity contribution < 1.29 is 9.21 Å². The van der Waals surface area contributed by atoms with E-state index in [1.165, 1.54) is 4.68 Å². The number of benzene rings is 2. The topological polar surface area (TPSA) is 85.8 Å². The Morgan fingerprint density at radius 1 is 1.04 bits per heavy atom. The molecule has 0 fully saturated rings. The highest BCUT2D eigenvalue weighted by atomic mass is 16.3. The fourth-order valence-electron chi connectivity index (χ4n) is 2.75. The molecule has 7 nitrogen and oxygen atoms in total. The fourth-order valence-corrected chi connectivity index (χ4v) is 2.75. The molecule has 1 N–H and O–H groups in total. The van der Waals surface area contributed by atoms with Gasteiger partial charge in [0.2, 0.25) is 0 Å². The smallest absolute Gasteiger partial charge is 0.274 e. The Balaban J connectivity index is 1.77. The Morgan fingerprint density at radius 2 is 1.82 bits per heavy atom. The number of aromatic nitrogens is 4. The van der Waals surface area contributed by atoms with E-state index in [0.717, 1.165) is 11.1 Å². The zero-order valence-corrected chi connectivity index (χ0v) is 15.1. The van der Waals surface area contributed by atoms with Crippen molar-refractivity contribution in [1.82, 2.24) is 20.2 Å². The van der Waals surface area contributed by atoms with Crippen LogP contribution in [0.15, 0.2) is 77.4 Å². The van der Waals surface area contributed by atoms with E-state index in [4.69, 9.17) is 4.42 Å². The minimum absolute atomic E-state index is 0.238. The fraction of sp³-hybridized carbons (Fsp3) is 0.0476. The molecule has 0 aliphatic heterocycles. The third kappa shape index (κ3) is 3.59. The van der Waals surface area contributed by atoms with Gasteiger partial charge < -0.3 is 9.73 Å². The zero-order chi connectivity index (χ0) is 19.3. The molecule has 4 aromatic rings. The lowest BCUT2D eigenvalue weighted by atomic mass is 10.2. The SMILES string of the molecule is Cc1ccccc1NC(=O)C(=Cc1ccco1)n1nnnc1-c1ccccc1. The summed E-state index contributed by atoms with van der Waals surface area (Å²) in [5.41, 5.74) is 2.70. The number of tetrazole rings is 1. The third-order valence-corrected chi connectivity index (χ3v) is 4.18. The second kappa shape index (κ2) is 7.71. The molecule has 2 aromatic heterocycles. The molecule has 2 aromatic carbocycles. The van der Waals surface area contributed by atoms with Crippen LogP contribution in [0.25, 0.3) is 23.2 Å². The van der Waals surface area contributed by atoms with Crippen molar-refractivity contribution >= 4 is 23.4 Å². The first-order chi connectivity index (χ1) is 13.7. The van der Waals surface area contributed by atoms with Crippen LogP contribution in [-0.4, -0.2) is 26.1 Å². The standard InChI is InChI=1S/C21H17N5O2/c1-15-8-5-6-12-18(15)22-21(27)19(14-17-11-7-13-28-17)26-20(23-24-25-26)16-9-3-2-4-10-16/h2-14H,1H3,(H,22,27). The van der Waals surface area contributed by atoms with Gasteiger partial charge in [0.05, 0.1) is 6.26 Å². The molecule has 0 spiro atoms.